The van der Waals surface area contributed by atoms with Crippen LogP contribution in [0.4, 0.5) is 34.1 Å². The van der Waals surface area contributed by atoms with Gasteiger partial charge in [-0.3, -0.25) is 0 Å². The highest BCUT2D eigenvalue weighted by atomic mass is 15.1. The molecule has 4 heterocycles. The van der Waals surface area contributed by atoms with Gasteiger partial charge in [-0.1, -0.05) is 109 Å². The second-order valence-electron chi connectivity index (χ2n) is 18.5. The van der Waals surface area contributed by atoms with Crippen molar-refractivity contribution in [2.24, 2.45) is 0 Å². The van der Waals surface area contributed by atoms with Crippen molar-refractivity contribution in [3.8, 4) is 22.5 Å². The molecular formula is C58H50B2N4. The van der Waals surface area contributed by atoms with Gasteiger partial charge in [0.05, 0.1) is 0 Å². The van der Waals surface area contributed by atoms with Gasteiger partial charge >= 0.3 is 12.6 Å². The highest BCUT2D eigenvalue weighted by Gasteiger charge is 2.42. The normalized spacial score (nSPS) is 13.6. The number of hydrogen-bond acceptors (Lipinski definition) is 2. The molecule has 2 aliphatic heterocycles. The minimum absolute atomic E-state index is 0.954. The van der Waals surface area contributed by atoms with Gasteiger partial charge in [0.2, 0.25) is 0 Å². The number of nitrogens with zero attached hydrogens (tertiary/aromatic N) is 4. The summed E-state index contributed by atoms with van der Waals surface area (Å²) < 4.78 is 5.11. The first kappa shape index (κ1) is 39.2. The van der Waals surface area contributed by atoms with E-state index in [1.165, 1.54) is 66.6 Å². The molecule has 4 nitrogen and oxygen atoms in total. The van der Waals surface area contributed by atoms with E-state index in [0.29, 0.717) is 0 Å². The van der Waals surface area contributed by atoms with E-state index >= 15 is 0 Å². The molecule has 0 amide bonds. The number of anilines is 6. The Morgan fingerprint density at radius 3 is 0.953 bits per heavy atom. The fraction of sp³-hybridized carbons (Fsp3) is 0.0690. The van der Waals surface area contributed by atoms with Crippen LogP contribution >= 0.6 is 0 Å². The summed E-state index contributed by atoms with van der Waals surface area (Å²) in [6, 6.07) is 82.9. The van der Waals surface area contributed by atoms with E-state index in [1.54, 1.807) is 0 Å². The van der Waals surface area contributed by atoms with Crippen LogP contribution in [0.5, 0.6) is 0 Å². The van der Waals surface area contributed by atoms with Gasteiger partial charge in [-0.15, -0.1) is 38.2 Å². The maximum absolute atomic E-state index is 2.55. The zero-order valence-electron chi connectivity index (χ0n) is 36.9. The van der Waals surface area contributed by atoms with Crippen molar-refractivity contribution in [3.63, 3.8) is 0 Å². The van der Waals surface area contributed by atoms with Crippen molar-refractivity contribution < 1.29 is 8.96 Å². The second kappa shape index (κ2) is 15.6. The van der Waals surface area contributed by atoms with Crippen LogP contribution in [0.2, 0.25) is 27.3 Å². The predicted octanol–water partition coefficient (Wildman–Crippen LogP) is 13.1. The van der Waals surface area contributed by atoms with Crippen LogP contribution in [0.15, 0.2) is 231 Å². The summed E-state index contributed by atoms with van der Waals surface area (Å²) in [5.41, 5.74) is 17.8. The fourth-order valence-electron chi connectivity index (χ4n) is 10.8. The van der Waals surface area contributed by atoms with Gasteiger partial charge in [0, 0.05) is 80.3 Å². The summed E-state index contributed by atoms with van der Waals surface area (Å²) in [7, 11) is 0. The van der Waals surface area contributed by atoms with Crippen molar-refractivity contribution in [2.75, 3.05) is 9.80 Å². The number of para-hydroxylation sites is 6. The molecule has 6 heteroatoms. The zero-order valence-corrected chi connectivity index (χ0v) is 36.9. The van der Waals surface area contributed by atoms with Crippen LogP contribution in [0.3, 0.4) is 0 Å². The number of benzene rings is 8. The van der Waals surface area contributed by atoms with E-state index in [1.807, 2.05) is 0 Å². The molecule has 0 bridgehead atoms. The van der Waals surface area contributed by atoms with Gasteiger partial charge in [0.15, 0.2) is 22.4 Å². The number of pyridine rings is 2. The van der Waals surface area contributed by atoms with Crippen LogP contribution in [-0.4, -0.2) is 12.6 Å². The topological polar surface area (TPSA) is 14.2 Å². The fourth-order valence-corrected chi connectivity index (χ4v) is 10.8. The summed E-state index contributed by atoms with van der Waals surface area (Å²) in [6.07, 6.45) is -1.91. The molecule has 0 radical (unpaired) electrons. The maximum Gasteiger partial charge on any atom is 0.301 e. The summed E-state index contributed by atoms with van der Waals surface area (Å²) >= 11 is 0. The van der Waals surface area contributed by atoms with Gasteiger partial charge < -0.3 is 18.8 Å². The standard InChI is InChI=1S/2C29H25BN2/c2*1-30(2)27-21-25(31(23-12-5-3-6-13-23)24-14-7-4-8-15-24)18-19-26(27)29-20-17-22-11-9-10-16-28(22)32(29)30/h2*3-21H,1-2H3. The lowest BCUT2D eigenvalue weighted by molar-refractivity contribution is -0.498. The highest BCUT2D eigenvalue weighted by Crippen LogP contribution is 2.39. The van der Waals surface area contributed by atoms with Crippen LogP contribution < -0.4 is 29.7 Å². The Labute approximate surface area is 376 Å². The predicted molar refractivity (Wildman–Crippen MR) is 274 cm³/mol. The van der Waals surface area contributed by atoms with E-state index in [0.717, 1.165) is 22.7 Å². The lowest BCUT2D eigenvalue weighted by Gasteiger charge is -2.28. The molecule has 308 valence electrons. The van der Waals surface area contributed by atoms with E-state index in [2.05, 4.69) is 277 Å². The van der Waals surface area contributed by atoms with E-state index in [-0.39, 0.29) is 0 Å². The number of aromatic nitrogens is 2. The lowest BCUT2D eigenvalue weighted by Crippen LogP contribution is -2.64. The van der Waals surface area contributed by atoms with Gasteiger partial charge in [-0.05, 0) is 97.1 Å². The summed E-state index contributed by atoms with van der Waals surface area (Å²) in [5.74, 6) is 0. The Morgan fingerprint density at radius 1 is 0.297 bits per heavy atom. The Hall–Kier alpha value is -7.69. The second-order valence-corrected chi connectivity index (χ2v) is 18.5. The van der Waals surface area contributed by atoms with E-state index in [4.69, 9.17) is 0 Å². The van der Waals surface area contributed by atoms with Crippen molar-refractivity contribution in [1.29, 1.82) is 0 Å². The van der Waals surface area contributed by atoms with Crippen LogP contribution in [-0.2, 0) is 0 Å². The Balaban J connectivity index is 0.000000143. The van der Waals surface area contributed by atoms with Crippen LogP contribution in [0.25, 0.3) is 44.3 Å². The first-order chi connectivity index (χ1) is 31.3. The summed E-state index contributed by atoms with van der Waals surface area (Å²) in [5, 5.41) is 2.57. The third-order valence-corrected chi connectivity index (χ3v) is 13.8. The third kappa shape index (κ3) is 6.48. The molecule has 0 fully saturated rings. The Bertz CT molecular complexity index is 3030. The smallest absolute Gasteiger partial charge is 0.301 e. The average Bonchev–Trinajstić information content (AvgIpc) is 3.72. The molecule has 2 aromatic heterocycles. The quantitative estimate of drug-likeness (QED) is 0.155. The first-order valence-electron chi connectivity index (χ1n) is 22.7. The van der Waals surface area contributed by atoms with Crippen molar-refractivity contribution in [1.82, 2.24) is 0 Å². The monoisotopic (exact) mass is 824 g/mol. The molecule has 0 spiro atoms. The Morgan fingerprint density at radius 2 is 0.609 bits per heavy atom. The van der Waals surface area contributed by atoms with Gasteiger partial charge in [-0.25, -0.2) is 0 Å². The maximum atomic E-state index is 2.55. The molecule has 0 saturated carbocycles. The molecule has 12 rings (SSSR count). The molecule has 0 saturated heterocycles. The van der Waals surface area contributed by atoms with Crippen LogP contribution in [0.1, 0.15) is 0 Å². The Kier molecular flexibility index (Phi) is 9.54. The highest BCUT2D eigenvalue weighted by molar-refractivity contribution is 6.85. The minimum atomic E-state index is -0.954. The van der Waals surface area contributed by atoms with Gasteiger partial charge in [-0.2, -0.15) is 0 Å². The first-order valence-corrected chi connectivity index (χ1v) is 22.7. The SMILES string of the molecule is C[B-]1(C)c2cc(N(c3ccccc3)c3ccccc3)ccc2-c2ccc3ccccc3[n+]21.C[B-]1(C)c2cc(N(c3ccccc3)c3ccccc3)ccc2-c2ccc3ccccc3[n+]21. The van der Waals surface area contributed by atoms with Crippen molar-refractivity contribution in [3.05, 3.63) is 231 Å². The molecule has 0 atom stereocenters. The molecular weight excluding hydrogens is 774 g/mol. The summed E-state index contributed by atoms with van der Waals surface area (Å²) in [4.78, 5) is 4.69. The molecule has 10 aromatic rings. The molecule has 2 aliphatic rings. The third-order valence-electron chi connectivity index (χ3n) is 13.8. The lowest BCUT2D eigenvalue weighted by atomic mass is 9.35. The average molecular weight is 825 g/mol. The van der Waals surface area contributed by atoms with Gasteiger partial charge in [0.25, 0.3) is 0 Å². The molecule has 0 unspecified atom stereocenters. The minimum Gasteiger partial charge on any atom is -0.410 e. The van der Waals surface area contributed by atoms with Crippen molar-refractivity contribution in [2.45, 2.75) is 27.3 Å². The zero-order chi connectivity index (χ0) is 43.4. The number of hydrogen-bond donors (Lipinski definition) is 0. The van der Waals surface area contributed by atoms with E-state index in [9.17, 15) is 0 Å². The molecule has 0 aliphatic carbocycles. The van der Waals surface area contributed by atoms with Crippen molar-refractivity contribution >= 4 is 79.4 Å². The van der Waals surface area contributed by atoms with Gasteiger partial charge in [0.1, 0.15) is 0 Å². The van der Waals surface area contributed by atoms with Crippen LogP contribution in [0, 0.1) is 0 Å². The molecule has 8 aromatic carbocycles. The summed E-state index contributed by atoms with van der Waals surface area (Å²) in [6.45, 7) is 9.56. The van der Waals surface area contributed by atoms with E-state index < -0.39 is 12.6 Å². The molecule has 0 N–H and O–H groups in total. The molecule has 64 heavy (non-hydrogen) atoms. The largest absolute Gasteiger partial charge is 0.410 e. The number of rotatable bonds is 6. The number of fused-ring (bicyclic) bond motifs is 10.